The fourth-order valence-corrected chi connectivity index (χ4v) is 2.19. The summed E-state index contributed by atoms with van der Waals surface area (Å²) in [7, 11) is 1.40. The van der Waals surface area contributed by atoms with Crippen LogP contribution in [0.15, 0.2) is 21.1 Å². The summed E-state index contributed by atoms with van der Waals surface area (Å²) in [6.45, 7) is 3.38. The minimum atomic E-state index is -0.272. The van der Waals surface area contributed by atoms with E-state index in [-0.39, 0.29) is 6.09 Å². The van der Waals surface area contributed by atoms with Crippen LogP contribution in [0.1, 0.15) is 6.92 Å². The van der Waals surface area contributed by atoms with Crippen molar-refractivity contribution in [2.45, 2.75) is 6.92 Å². The van der Waals surface area contributed by atoms with Gasteiger partial charge in [-0.2, -0.15) is 0 Å². The Morgan fingerprint density at radius 2 is 2.33 bits per heavy atom. The third-order valence-corrected chi connectivity index (χ3v) is 2.57. The molecule has 5 heteroatoms. The summed E-state index contributed by atoms with van der Waals surface area (Å²) < 4.78 is 5.58. The number of carbonyl (C=O) groups is 1. The molecule has 1 unspecified atom stereocenters. The number of amides is 1. The maximum atomic E-state index is 11.4. The summed E-state index contributed by atoms with van der Waals surface area (Å²) in [5.41, 5.74) is 1.10. The van der Waals surface area contributed by atoms with Crippen molar-refractivity contribution >= 4 is 38.0 Å². The second-order valence-corrected chi connectivity index (χ2v) is 6.28. The van der Waals surface area contributed by atoms with E-state index >= 15 is 0 Å². The Kier molecular flexibility index (Phi) is 4.86. The molecule has 1 amide bonds. The van der Waals surface area contributed by atoms with E-state index in [1.54, 1.807) is 4.90 Å². The molecule has 1 atom stereocenters. The molecule has 1 aliphatic heterocycles. The van der Waals surface area contributed by atoms with Gasteiger partial charge in [-0.25, -0.2) is 4.79 Å². The first-order valence-electron chi connectivity index (χ1n) is 4.59. The van der Waals surface area contributed by atoms with Crippen LogP contribution >= 0.6 is 31.9 Å². The van der Waals surface area contributed by atoms with Gasteiger partial charge in [0.05, 0.1) is 10.5 Å². The van der Waals surface area contributed by atoms with Gasteiger partial charge in [-0.15, -0.1) is 0 Å². The molecule has 1 aliphatic rings. The molecule has 1 heterocycles. The highest BCUT2D eigenvalue weighted by atomic mass is 79.9. The van der Waals surface area contributed by atoms with Crippen LogP contribution in [0.5, 0.6) is 0 Å². The lowest BCUT2D eigenvalue weighted by Gasteiger charge is -2.28. The fourth-order valence-electron chi connectivity index (χ4n) is 1.61. The molecule has 0 aliphatic carbocycles. The molecule has 0 aromatic heterocycles. The zero-order valence-electron chi connectivity index (χ0n) is 8.67. The standard InChI is InChI=1S/C10H13Br2NO2/c1-7-3-8(4-9(11)12)6-13(5-7)10(14)15-2/h3-4,7H,5-6H2,1-2H3. The van der Waals surface area contributed by atoms with Crippen LogP contribution in [-0.4, -0.2) is 31.2 Å². The Morgan fingerprint density at radius 3 is 2.87 bits per heavy atom. The van der Waals surface area contributed by atoms with Crippen LogP contribution in [0.4, 0.5) is 4.79 Å². The number of hydrogen-bond donors (Lipinski definition) is 0. The number of ether oxygens (including phenoxy) is 1. The Bertz CT molecular complexity index is 309. The summed E-state index contributed by atoms with van der Waals surface area (Å²) >= 11 is 6.61. The molecule has 0 radical (unpaired) electrons. The molecule has 0 spiro atoms. The van der Waals surface area contributed by atoms with Crippen LogP contribution in [0.3, 0.4) is 0 Å². The average Bonchev–Trinajstić information content (AvgIpc) is 2.14. The summed E-state index contributed by atoms with van der Waals surface area (Å²) in [4.78, 5) is 13.1. The Labute approximate surface area is 106 Å². The normalized spacial score (nSPS) is 20.7. The maximum absolute atomic E-state index is 11.4. The summed E-state index contributed by atoms with van der Waals surface area (Å²) in [6, 6.07) is 0. The molecule has 15 heavy (non-hydrogen) atoms. The van der Waals surface area contributed by atoms with Gasteiger partial charge < -0.3 is 9.64 Å². The zero-order chi connectivity index (χ0) is 11.4. The third-order valence-electron chi connectivity index (χ3n) is 2.11. The molecule has 0 N–H and O–H groups in total. The van der Waals surface area contributed by atoms with Gasteiger partial charge in [0.15, 0.2) is 0 Å². The molecular formula is C10H13Br2NO2. The average molecular weight is 339 g/mol. The van der Waals surface area contributed by atoms with E-state index in [0.29, 0.717) is 19.0 Å². The van der Waals surface area contributed by atoms with Gasteiger partial charge in [0, 0.05) is 13.1 Å². The van der Waals surface area contributed by atoms with Crippen LogP contribution in [-0.2, 0) is 4.74 Å². The molecule has 0 bridgehead atoms. The van der Waals surface area contributed by atoms with E-state index in [1.165, 1.54) is 7.11 Å². The highest BCUT2D eigenvalue weighted by Crippen LogP contribution is 2.21. The molecule has 0 saturated heterocycles. The van der Waals surface area contributed by atoms with Crippen molar-refractivity contribution in [1.29, 1.82) is 0 Å². The van der Waals surface area contributed by atoms with Crippen LogP contribution in [0, 0.1) is 5.92 Å². The highest BCUT2D eigenvalue weighted by Gasteiger charge is 2.21. The maximum Gasteiger partial charge on any atom is 0.409 e. The first-order chi connectivity index (χ1) is 7.02. The largest absolute Gasteiger partial charge is 0.453 e. The van der Waals surface area contributed by atoms with Crippen molar-refractivity contribution in [3.05, 3.63) is 21.1 Å². The Balaban J connectivity index is 2.76. The number of carbonyl (C=O) groups excluding carboxylic acids is 1. The van der Waals surface area contributed by atoms with Crippen molar-refractivity contribution < 1.29 is 9.53 Å². The van der Waals surface area contributed by atoms with E-state index < -0.39 is 0 Å². The van der Waals surface area contributed by atoms with Gasteiger partial charge in [-0.05, 0) is 49.4 Å². The number of rotatable bonds is 1. The van der Waals surface area contributed by atoms with E-state index in [0.717, 1.165) is 8.96 Å². The van der Waals surface area contributed by atoms with E-state index in [1.807, 2.05) is 6.08 Å². The van der Waals surface area contributed by atoms with E-state index in [2.05, 4.69) is 44.9 Å². The van der Waals surface area contributed by atoms with Crippen molar-refractivity contribution in [3.8, 4) is 0 Å². The quantitative estimate of drug-likeness (QED) is 0.734. The van der Waals surface area contributed by atoms with E-state index in [9.17, 15) is 4.79 Å². The van der Waals surface area contributed by atoms with Crippen molar-refractivity contribution in [3.63, 3.8) is 0 Å². The predicted molar refractivity (Wildman–Crippen MR) is 67.2 cm³/mol. The lowest BCUT2D eigenvalue weighted by molar-refractivity contribution is 0.122. The van der Waals surface area contributed by atoms with Gasteiger partial charge in [0.1, 0.15) is 0 Å². The smallest absolute Gasteiger partial charge is 0.409 e. The number of nitrogens with zero attached hydrogens (tertiary/aromatic N) is 1. The van der Waals surface area contributed by atoms with Crippen LogP contribution < -0.4 is 0 Å². The molecular weight excluding hydrogens is 326 g/mol. The zero-order valence-corrected chi connectivity index (χ0v) is 11.8. The predicted octanol–water partition coefficient (Wildman–Crippen LogP) is 3.26. The van der Waals surface area contributed by atoms with Crippen molar-refractivity contribution in [2.24, 2.45) is 5.92 Å². The van der Waals surface area contributed by atoms with E-state index in [4.69, 9.17) is 4.74 Å². The van der Waals surface area contributed by atoms with Crippen LogP contribution in [0.25, 0.3) is 0 Å². The lowest BCUT2D eigenvalue weighted by atomic mass is 10.0. The highest BCUT2D eigenvalue weighted by molar-refractivity contribution is 9.28. The monoisotopic (exact) mass is 337 g/mol. The minimum absolute atomic E-state index is 0.272. The molecule has 0 aromatic rings. The van der Waals surface area contributed by atoms with Crippen LogP contribution in [0.2, 0.25) is 0 Å². The van der Waals surface area contributed by atoms with Gasteiger partial charge >= 0.3 is 6.09 Å². The topological polar surface area (TPSA) is 29.5 Å². The first kappa shape index (κ1) is 12.8. The summed E-state index contributed by atoms with van der Waals surface area (Å²) in [6.07, 6.45) is 3.83. The fraction of sp³-hybridized carbons (Fsp3) is 0.500. The number of hydrogen-bond acceptors (Lipinski definition) is 2. The molecule has 3 nitrogen and oxygen atoms in total. The van der Waals surface area contributed by atoms with Gasteiger partial charge in [0.25, 0.3) is 0 Å². The lowest BCUT2D eigenvalue weighted by Crippen LogP contribution is -2.38. The molecule has 0 aromatic carbocycles. The Morgan fingerprint density at radius 1 is 1.67 bits per heavy atom. The molecule has 84 valence electrons. The van der Waals surface area contributed by atoms with Crippen molar-refractivity contribution in [2.75, 3.05) is 20.2 Å². The van der Waals surface area contributed by atoms with Gasteiger partial charge in [-0.1, -0.05) is 13.0 Å². The van der Waals surface area contributed by atoms with Gasteiger partial charge in [-0.3, -0.25) is 0 Å². The third kappa shape index (κ3) is 3.99. The second kappa shape index (κ2) is 5.70. The number of methoxy groups -OCH3 is 1. The summed E-state index contributed by atoms with van der Waals surface area (Å²) in [5, 5.41) is 0. The second-order valence-electron chi connectivity index (χ2n) is 3.50. The molecule has 1 rings (SSSR count). The summed E-state index contributed by atoms with van der Waals surface area (Å²) in [5.74, 6) is 0.350. The van der Waals surface area contributed by atoms with Crippen molar-refractivity contribution in [1.82, 2.24) is 4.90 Å². The SMILES string of the molecule is COC(=O)N1CC(C=C(Br)Br)=CC(C)C1. The first-order valence-corrected chi connectivity index (χ1v) is 6.18. The Hall–Kier alpha value is -0.290. The number of halogens is 2. The van der Waals surface area contributed by atoms with Gasteiger partial charge in [0.2, 0.25) is 0 Å². The minimum Gasteiger partial charge on any atom is -0.453 e. The molecule has 0 fully saturated rings. The molecule has 0 saturated carbocycles.